The van der Waals surface area contributed by atoms with Crippen molar-refractivity contribution in [2.75, 3.05) is 23.0 Å². The molecule has 0 bridgehead atoms. The average molecular weight is 391 g/mol. The van der Waals surface area contributed by atoms with Crippen molar-refractivity contribution in [3.05, 3.63) is 66.2 Å². The van der Waals surface area contributed by atoms with Crippen molar-refractivity contribution in [1.82, 2.24) is 9.97 Å². The molecular weight excluding hydrogens is 366 g/mol. The van der Waals surface area contributed by atoms with Gasteiger partial charge in [-0.2, -0.15) is 4.98 Å². The van der Waals surface area contributed by atoms with E-state index in [0.29, 0.717) is 28.7 Å². The Morgan fingerprint density at radius 1 is 1.07 bits per heavy atom. The van der Waals surface area contributed by atoms with Gasteiger partial charge in [-0.05, 0) is 30.2 Å². The number of aliphatic hydroxyl groups is 1. The van der Waals surface area contributed by atoms with E-state index in [4.69, 9.17) is 5.73 Å². The monoisotopic (exact) mass is 391 g/mol. The van der Waals surface area contributed by atoms with Gasteiger partial charge in [0.15, 0.2) is 0 Å². The molecule has 0 aliphatic carbocycles. The van der Waals surface area contributed by atoms with Crippen LogP contribution in [0.1, 0.15) is 24.2 Å². The summed E-state index contributed by atoms with van der Waals surface area (Å²) < 4.78 is 0. The van der Waals surface area contributed by atoms with E-state index in [2.05, 4.69) is 20.6 Å². The predicted octanol–water partition coefficient (Wildman–Crippen LogP) is 3.41. The fraction of sp³-hybridized carbons (Fsp3) is 0.227. The summed E-state index contributed by atoms with van der Waals surface area (Å²) in [5.41, 5.74) is 8.31. The fourth-order valence-corrected chi connectivity index (χ4v) is 2.74. The topological polar surface area (TPSA) is 113 Å². The van der Waals surface area contributed by atoms with Crippen LogP contribution in [0.2, 0.25) is 0 Å². The number of amides is 1. The van der Waals surface area contributed by atoms with Gasteiger partial charge in [0.05, 0.1) is 18.3 Å². The van der Waals surface area contributed by atoms with Crippen LogP contribution in [0.4, 0.5) is 17.5 Å². The second-order valence-corrected chi connectivity index (χ2v) is 7.08. The van der Waals surface area contributed by atoms with Crippen LogP contribution in [0.3, 0.4) is 0 Å². The minimum absolute atomic E-state index is 0.0519. The summed E-state index contributed by atoms with van der Waals surface area (Å²) in [6, 6.07) is 17.8. The van der Waals surface area contributed by atoms with E-state index in [1.807, 2.05) is 44.2 Å². The zero-order valence-corrected chi connectivity index (χ0v) is 16.5. The highest BCUT2D eigenvalue weighted by Gasteiger charge is 2.16. The minimum Gasteiger partial charge on any atom is -0.399 e. The fourth-order valence-electron chi connectivity index (χ4n) is 2.74. The molecule has 0 aliphatic heterocycles. The van der Waals surface area contributed by atoms with Gasteiger partial charge in [-0.15, -0.1) is 0 Å². The molecule has 0 radical (unpaired) electrons. The van der Waals surface area contributed by atoms with Crippen LogP contribution in [0.25, 0.3) is 11.3 Å². The van der Waals surface area contributed by atoms with Gasteiger partial charge in [0.25, 0.3) is 5.91 Å². The second kappa shape index (κ2) is 9.16. The van der Waals surface area contributed by atoms with Crippen LogP contribution in [0, 0.1) is 5.92 Å². The largest absolute Gasteiger partial charge is 0.399 e. The van der Waals surface area contributed by atoms with Gasteiger partial charge >= 0.3 is 0 Å². The molecule has 1 amide bonds. The maximum absolute atomic E-state index is 12.6. The second-order valence-electron chi connectivity index (χ2n) is 7.08. The Morgan fingerprint density at radius 2 is 1.76 bits per heavy atom. The molecule has 0 fully saturated rings. The number of benzene rings is 2. The Balaban J connectivity index is 1.93. The van der Waals surface area contributed by atoms with E-state index >= 15 is 0 Å². The van der Waals surface area contributed by atoms with Gasteiger partial charge in [-0.3, -0.25) is 4.79 Å². The van der Waals surface area contributed by atoms with Gasteiger partial charge in [0.2, 0.25) is 5.95 Å². The Kier molecular flexibility index (Phi) is 6.41. The minimum atomic E-state index is -0.295. The third-order valence-electron chi connectivity index (χ3n) is 4.53. The van der Waals surface area contributed by atoms with Crippen molar-refractivity contribution in [1.29, 1.82) is 0 Å². The summed E-state index contributed by atoms with van der Waals surface area (Å²) in [5.74, 6) is 0.586. The number of aromatic nitrogens is 2. The van der Waals surface area contributed by atoms with Crippen LogP contribution < -0.4 is 16.4 Å². The molecule has 7 nitrogen and oxygen atoms in total. The molecule has 0 saturated carbocycles. The van der Waals surface area contributed by atoms with Gasteiger partial charge in [0, 0.05) is 22.9 Å². The van der Waals surface area contributed by atoms with Gasteiger partial charge in [-0.1, -0.05) is 44.2 Å². The van der Waals surface area contributed by atoms with Crippen molar-refractivity contribution in [3.63, 3.8) is 0 Å². The lowest BCUT2D eigenvalue weighted by Crippen LogP contribution is -2.30. The highest BCUT2D eigenvalue weighted by atomic mass is 16.3. The number of nitrogens with two attached hydrogens (primary N) is 1. The lowest BCUT2D eigenvalue weighted by Gasteiger charge is -2.20. The van der Waals surface area contributed by atoms with E-state index in [1.54, 1.807) is 30.3 Å². The van der Waals surface area contributed by atoms with Crippen molar-refractivity contribution >= 4 is 23.4 Å². The number of aliphatic hydroxyl groups excluding tert-OH is 1. The first kappa shape index (κ1) is 20.3. The van der Waals surface area contributed by atoms with E-state index in [0.717, 1.165) is 5.56 Å². The van der Waals surface area contributed by atoms with Crippen LogP contribution in [0.5, 0.6) is 0 Å². The number of hydrogen-bond acceptors (Lipinski definition) is 6. The van der Waals surface area contributed by atoms with E-state index < -0.39 is 0 Å². The number of nitrogens with zero attached hydrogens (tertiary/aromatic N) is 2. The number of nitrogens with one attached hydrogen (secondary N) is 2. The summed E-state index contributed by atoms with van der Waals surface area (Å²) in [4.78, 5) is 21.6. The molecule has 2 aromatic carbocycles. The van der Waals surface area contributed by atoms with E-state index in [-0.39, 0.29) is 24.5 Å². The summed E-state index contributed by atoms with van der Waals surface area (Å²) in [5, 5.41) is 15.6. The molecule has 0 unspecified atom stereocenters. The van der Waals surface area contributed by atoms with Crippen molar-refractivity contribution < 1.29 is 9.90 Å². The van der Waals surface area contributed by atoms with E-state index in [9.17, 15) is 9.90 Å². The summed E-state index contributed by atoms with van der Waals surface area (Å²) in [6.07, 6.45) is 0. The summed E-state index contributed by atoms with van der Waals surface area (Å²) >= 11 is 0. The maximum atomic E-state index is 12.6. The summed E-state index contributed by atoms with van der Waals surface area (Å²) in [7, 11) is 0. The number of carbonyl (C=O) groups is 1. The first-order valence-corrected chi connectivity index (χ1v) is 9.45. The molecule has 0 aliphatic rings. The molecular formula is C22H25N5O2. The number of nitrogen functional groups attached to an aromatic ring is 1. The predicted molar refractivity (Wildman–Crippen MR) is 116 cm³/mol. The Labute approximate surface area is 170 Å². The molecule has 5 N–H and O–H groups in total. The zero-order valence-electron chi connectivity index (χ0n) is 16.5. The molecule has 7 heteroatoms. The van der Waals surface area contributed by atoms with Crippen LogP contribution in [-0.2, 0) is 0 Å². The molecule has 29 heavy (non-hydrogen) atoms. The molecule has 1 heterocycles. The normalized spacial score (nSPS) is 11.9. The van der Waals surface area contributed by atoms with Crippen molar-refractivity contribution in [2.45, 2.75) is 19.9 Å². The lowest BCUT2D eigenvalue weighted by molar-refractivity contribution is 0.102. The highest BCUT2D eigenvalue weighted by molar-refractivity contribution is 6.04. The number of hydrogen-bond donors (Lipinski definition) is 4. The number of anilines is 3. The van der Waals surface area contributed by atoms with E-state index in [1.165, 1.54) is 0 Å². The van der Waals surface area contributed by atoms with Crippen molar-refractivity contribution in [3.8, 4) is 11.3 Å². The van der Waals surface area contributed by atoms with Crippen molar-refractivity contribution in [2.24, 2.45) is 5.92 Å². The van der Waals surface area contributed by atoms with Crippen LogP contribution in [-0.4, -0.2) is 33.6 Å². The molecule has 3 aromatic rings. The molecule has 150 valence electrons. The van der Waals surface area contributed by atoms with Crippen LogP contribution in [0.15, 0.2) is 60.7 Å². The molecule has 1 aromatic heterocycles. The lowest BCUT2D eigenvalue weighted by atomic mass is 10.1. The SMILES string of the molecule is CC(C)[C@@H](CO)Nc1nc(NC(=O)c2ccc(N)cc2)cc(-c2ccccc2)n1. The molecule has 1 atom stereocenters. The maximum Gasteiger partial charge on any atom is 0.256 e. The third kappa shape index (κ3) is 5.30. The molecule has 3 rings (SSSR count). The first-order chi connectivity index (χ1) is 14.0. The smallest absolute Gasteiger partial charge is 0.256 e. The third-order valence-corrected chi connectivity index (χ3v) is 4.53. The molecule has 0 spiro atoms. The Hall–Kier alpha value is -3.45. The van der Waals surface area contributed by atoms with Gasteiger partial charge in [0.1, 0.15) is 5.82 Å². The van der Waals surface area contributed by atoms with Gasteiger partial charge < -0.3 is 21.5 Å². The Bertz CT molecular complexity index is 959. The molecule has 0 saturated heterocycles. The quantitative estimate of drug-likeness (QED) is 0.459. The average Bonchev–Trinajstić information content (AvgIpc) is 2.72. The zero-order chi connectivity index (χ0) is 20.8. The number of carbonyl (C=O) groups excluding carboxylic acids is 1. The van der Waals surface area contributed by atoms with Crippen LogP contribution >= 0.6 is 0 Å². The number of rotatable bonds is 7. The summed E-state index contributed by atoms with van der Waals surface area (Å²) in [6.45, 7) is 3.95. The Morgan fingerprint density at radius 3 is 2.38 bits per heavy atom. The highest BCUT2D eigenvalue weighted by Crippen LogP contribution is 2.22. The first-order valence-electron chi connectivity index (χ1n) is 9.45. The van der Waals surface area contributed by atoms with Gasteiger partial charge in [-0.25, -0.2) is 4.98 Å². The standard InChI is InChI=1S/C22H25N5O2/c1-14(2)19(13-28)25-22-24-18(15-6-4-3-5-7-15)12-20(27-22)26-21(29)16-8-10-17(23)11-9-16/h3-12,14,19,28H,13,23H2,1-2H3,(H2,24,25,26,27,29)/t19-/m1/s1.